The molecule has 0 aromatic heterocycles. The minimum atomic E-state index is 0. The summed E-state index contributed by atoms with van der Waals surface area (Å²) in [7, 11) is 0. The van der Waals surface area contributed by atoms with Crippen LogP contribution >= 0.6 is 0 Å². The third-order valence-corrected chi connectivity index (χ3v) is 3.03. The molecule has 0 fully saturated rings. The Morgan fingerprint density at radius 3 is 1.71 bits per heavy atom. The van der Waals surface area contributed by atoms with E-state index in [4.69, 9.17) is 0 Å². The first-order valence-corrected chi connectivity index (χ1v) is 5.37. The van der Waals surface area contributed by atoms with E-state index in [0.717, 1.165) is 11.8 Å². The minimum absolute atomic E-state index is 0. The van der Waals surface area contributed by atoms with Crippen molar-refractivity contribution in [1.29, 1.82) is 0 Å². The summed E-state index contributed by atoms with van der Waals surface area (Å²) in [6.07, 6.45) is 6.54. The van der Waals surface area contributed by atoms with Crippen LogP contribution in [0.25, 0.3) is 0 Å². The molecule has 1 aliphatic carbocycles. The molecule has 1 aromatic rings. The van der Waals surface area contributed by atoms with Crippen molar-refractivity contribution in [2.75, 3.05) is 0 Å². The van der Waals surface area contributed by atoms with Crippen LogP contribution in [0.2, 0.25) is 0 Å². The van der Waals surface area contributed by atoms with Crippen molar-refractivity contribution in [3.63, 3.8) is 0 Å². The zero-order valence-electron chi connectivity index (χ0n) is 10.9. The number of rotatable bonds is 0. The van der Waals surface area contributed by atoms with Crippen LogP contribution in [0.3, 0.4) is 0 Å². The van der Waals surface area contributed by atoms with Gasteiger partial charge < -0.3 is 30.9 Å². The molecule has 1 aliphatic rings. The van der Waals surface area contributed by atoms with Crippen LogP contribution in [0.4, 0.5) is 0 Å². The SMILES string of the molecule is CC1C=[C-]CC1C.Cc1c[cH-]cc1C.[Cl-].[Cl-].[Zr+4]. The van der Waals surface area contributed by atoms with Crippen molar-refractivity contribution >= 4 is 0 Å². The van der Waals surface area contributed by atoms with Crippen molar-refractivity contribution in [1.82, 2.24) is 0 Å². The smallest absolute Gasteiger partial charge is 1.00 e. The second kappa shape index (κ2) is 11.6. The molecule has 2 unspecified atom stereocenters. The molecule has 2 rings (SSSR count). The molecule has 0 heterocycles. The second-order valence-electron chi connectivity index (χ2n) is 4.30. The van der Waals surface area contributed by atoms with Gasteiger partial charge in [0.1, 0.15) is 0 Å². The molecule has 0 spiro atoms. The Morgan fingerprint density at radius 2 is 1.59 bits per heavy atom. The summed E-state index contributed by atoms with van der Waals surface area (Å²) in [6.45, 7) is 8.75. The third kappa shape index (κ3) is 8.30. The topological polar surface area (TPSA) is 0 Å². The number of hydrogen-bond donors (Lipinski definition) is 0. The average Bonchev–Trinajstić information content (AvgIpc) is 2.67. The standard InChI is InChI=1S/C7H11.C7H9.2ClH.Zr/c2*1-6-4-3-5-7(6)2;;;/h4,6-7H,5H2,1-2H3;3-5H,1-2H3;2*1H;/q2*-1;;;+4/p-2. The van der Waals surface area contributed by atoms with E-state index in [-0.39, 0.29) is 51.0 Å². The molecular weight excluding hydrogens is 330 g/mol. The fourth-order valence-corrected chi connectivity index (χ4v) is 1.39. The fourth-order valence-electron chi connectivity index (χ4n) is 1.39. The normalized spacial score (nSPS) is 20.2. The first kappa shape index (κ1) is 22.7. The predicted octanol–water partition coefficient (Wildman–Crippen LogP) is -1.95. The van der Waals surface area contributed by atoms with Crippen LogP contribution in [0, 0.1) is 31.8 Å². The Morgan fingerprint density at radius 1 is 1.12 bits per heavy atom. The summed E-state index contributed by atoms with van der Waals surface area (Å²) in [5, 5.41) is 0. The van der Waals surface area contributed by atoms with Crippen LogP contribution in [0.5, 0.6) is 0 Å². The van der Waals surface area contributed by atoms with Gasteiger partial charge in [0.05, 0.1) is 0 Å². The van der Waals surface area contributed by atoms with Gasteiger partial charge in [0.15, 0.2) is 0 Å². The zero-order chi connectivity index (χ0) is 10.6. The number of halogens is 2. The van der Waals surface area contributed by atoms with E-state index in [0.29, 0.717) is 0 Å². The Labute approximate surface area is 138 Å². The van der Waals surface area contributed by atoms with Crippen LogP contribution in [-0.4, -0.2) is 0 Å². The Kier molecular flexibility index (Phi) is 15.5. The Hall–Kier alpha value is 0.553. The van der Waals surface area contributed by atoms with Gasteiger partial charge in [-0.25, -0.2) is 0 Å². The van der Waals surface area contributed by atoms with Crippen molar-refractivity contribution in [3.05, 3.63) is 41.5 Å². The molecule has 0 amide bonds. The van der Waals surface area contributed by atoms with E-state index in [9.17, 15) is 0 Å². The van der Waals surface area contributed by atoms with Crippen LogP contribution in [0.1, 0.15) is 31.4 Å². The van der Waals surface area contributed by atoms with E-state index in [1.165, 1.54) is 17.5 Å². The molecule has 0 saturated carbocycles. The van der Waals surface area contributed by atoms with E-state index in [1.807, 2.05) is 0 Å². The Balaban J connectivity index is -0.000000196. The van der Waals surface area contributed by atoms with Gasteiger partial charge in [0.25, 0.3) is 0 Å². The third-order valence-electron chi connectivity index (χ3n) is 3.03. The van der Waals surface area contributed by atoms with E-state index in [2.05, 4.69) is 58.0 Å². The van der Waals surface area contributed by atoms with E-state index in [1.54, 1.807) is 0 Å². The van der Waals surface area contributed by atoms with Crippen LogP contribution in [-0.2, 0) is 26.2 Å². The van der Waals surface area contributed by atoms with Crippen molar-refractivity contribution in [2.24, 2.45) is 11.8 Å². The van der Waals surface area contributed by atoms with E-state index < -0.39 is 0 Å². The summed E-state index contributed by atoms with van der Waals surface area (Å²) >= 11 is 0. The Bertz CT molecular complexity index is 288. The molecule has 0 aliphatic heterocycles. The van der Waals surface area contributed by atoms with Gasteiger partial charge in [-0.05, 0) is 0 Å². The van der Waals surface area contributed by atoms with Crippen molar-refractivity contribution in [3.8, 4) is 0 Å². The maximum Gasteiger partial charge on any atom is 4.00 e. The fraction of sp³-hybridized carbons (Fsp3) is 0.500. The minimum Gasteiger partial charge on any atom is -1.00 e. The largest absolute Gasteiger partial charge is 4.00 e. The first-order valence-electron chi connectivity index (χ1n) is 5.37. The van der Waals surface area contributed by atoms with Crippen molar-refractivity contribution in [2.45, 2.75) is 34.1 Å². The van der Waals surface area contributed by atoms with Gasteiger partial charge in [-0.1, -0.05) is 39.5 Å². The van der Waals surface area contributed by atoms with Gasteiger partial charge in [0, 0.05) is 0 Å². The molecular formula is C14H20Cl2Zr. The van der Waals surface area contributed by atoms with Gasteiger partial charge >= 0.3 is 26.2 Å². The monoisotopic (exact) mass is 348 g/mol. The molecule has 17 heavy (non-hydrogen) atoms. The summed E-state index contributed by atoms with van der Waals surface area (Å²) in [5.41, 5.74) is 2.78. The molecule has 3 heteroatoms. The number of hydrogen-bond acceptors (Lipinski definition) is 0. The molecule has 2 atom stereocenters. The van der Waals surface area contributed by atoms with Gasteiger partial charge in [-0.2, -0.15) is 35.7 Å². The van der Waals surface area contributed by atoms with Crippen LogP contribution < -0.4 is 24.8 Å². The molecule has 0 N–H and O–H groups in total. The molecule has 94 valence electrons. The summed E-state index contributed by atoms with van der Waals surface area (Å²) < 4.78 is 0. The molecule has 1 aromatic carbocycles. The second-order valence-corrected chi connectivity index (χ2v) is 4.30. The van der Waals surface area contributed by atoms with E-state index >= 15 is 0 Å². The molecule has 0 radical (unpaired) electrons. The molecule has 0 bridgehead atoms. The summed E-state index contributed by atoms with van der Waals surface area (Å²) in [4.78, 5) is 0. The number of aryl methyl sites for hydroxylation is 2. The van der Waals surface area contributed by atoms with Gasteiger partial charge in [-0.15, -0.1) is 0 Å². The molecule has 0 saturated heterocycles. The summed E-state index contributed by atoms with van der Waals surface area (Å²) in [6, 6.07) is 6.31. The quantitative estimate of drug-likeness (QED) is 0.477. The predicted molar refractivity (Wildman–Crippen MR) is 62.3 cm³/mol. The number of allylic oxidation sites excluding steroid dienone is 2. The zero-order valence-corrected chi connectivity index (χ0v) is 14.9. The maximum atomic E-state index is 3.20. The van der Waals surface area contributed by atoms with Gasteiger partial charge in [-0.3, -0.25) is 6.08 Å². The maximum absolute atomic E-state index is 3.20. The van der Waals surface area contributed by atoms with Crippen LogP contribution in [0.15, 0.2) is 24.3 Å². The average molecular weight is 350 g/mol. The molecule has 0 nitrogen and oxygen atoms in total. The summed E-state index contributed by atoms with van der Waals surface area (Å²) in [5.74, 6) is 1.62. The van der Waals surface area contributed by atoms with Gasteiger partial charge in [0.2, 0.25) is 0 Å². The first-order chi connectivity index (χ1) is 6.61. The van der Waals surface area contributed by atoms with Crippen molar-refractivity contribution < 1.29 is 51.0 Å².